The lowest BCUT2D eigenvalue weighted by Gasteiger charge is -2.29. The number of methoxy groups -OCH3 is 1. The summed E-state index contributed by atoms with van der Waals surface area (Å²) in [6, 6.07) is 23.6. The number of alkyl carbamates (subject to hydrolysis) is 1. The van der Waals surface area contributed by atoms with Gasteiger partial charge in [-0.3, -0.25) is 9.59 Å². The molecule has 0 bridgehead atoms. The fraction of sp³-hybridized carbons (Fsp3) is 0.368. The van der Waals surface area contributed by atoms with Gasteiger partial charge in [0.05, 0.1) is 23.9 Å². The van der Waals surface area contributed by atoms with E-state index in [4.69, 9.17) is 14.5 Å². The number of pyridine rings is 1. The largest absolute Gasteiger partial charge is 0.496 e. The van der Waals surface area contributed by atoms with Crippen LogP contribution in [0.25, 0.3) is 22.2 Å². The van der Waals surface area contributed by atoms with Crippen molar-refractivity contribution < 1.29 is 23.9 Å². The molecular formula is C38H47N5O5. The van der Waals surface area contributed by atoms with Crippen LogP contribution in [0.2, 0.25) is 0 Å². The van der Waals surface area contributed by atoms with Gasteiger partial charge >= 0.3 is 6.09 Å². The quantitative estimate of drug-likeness (QED) is 0.140. The molecule has 0 radical (unpaired) electrons. The number of aromatic nitrogens is 1. The van der Waals surface area contributed by atoms with Gasteiger partial charge < -0.3 is 30.3 Å². The lowest BCUT2D eigenvalue weighted by molar-refractivity contribution is -0.123. The summed E-state index contributed by atoms with van der Waals surface area (Å²) in [5, 5.41) is 9.46. The predicted octanol–water partition coefficient (Wildman–Crippen LogP) is 5.73. The van der Waals surface area contributed by atoms with Gasteiger partial charge in [0.1, 0.15) is 18.4 Å². The Morgan fingerprint density at radius 1 is 0.938 bits per heavy atom. The molecule has 0 aliphatic carbocycles. The van der Waals surface area contributed by atoms with Crippen molar-refractivity contribution >= 4 is 28.8 Å². The highest BCUT2D eigenvalue weighted by Gasteiger charge is 2.26. The van der Waals surface area contributed by atoms with Crippen LogP contribution >= 0.6 is 0 Å². The third kappa shape index (κ3) is 10.3. The molecule has 254 valence electrons. The van der Waals surface area contributed by atoms with Crippen LogP contribution in [0.15, 0.2) is 78.9 Å². The van der Waals surface area contributed by atoms with E-state index < -0.39 is 12.1 Å². The molecule has 1 unspecified atom stereocenters. The van der Waals surface area contributed by atoms with Crippen LogP contribution in [-0.2, 0) is 16.1 Å². The van der Waals surface area contributed by atoms with E-state index in [1.807, 2.05) is 93.8 Å². The smallest absolute Gasteiger partial charge is 0.407 e. The molecule has 0 spiro atoms. The highest BCUT2D eigenvalue weighted by Crippen LogP contribution is 2.28. The Morgan fingerprint density at radius 2 is 1.67 bits per heavy atom. The van der Waals surface area contributed by atoms with Gasteiger partial charge in [-0.15, -0.1) is 0 Å². The van der Waals surface area contributed by atoms with Gasteiger partial charge in [0.2, 0.25) is 5.91 Å². The molecule has 4 rings (SSSR count). The number of hydrogen-bond donors (Lipinski definition) is 3. The molecule has 10 heteroatoms. The van der Waals surface area contributed by atoms with Crippen molar-refractivity contribution in [3.8, 4) is 17.0 Å². The van der Waals surface area contributed by atoms with Gasteiger partial charge in [0, 0.05) is 30.6 Å². The molecule has 0 fully saturated rings. The normalized spacial score (nSPS) is 12.0. The summed E-state index contributed by atoms with van der Waals surface area (Å²) in [4.78, 5) is 46.8. The first kappa shape index (κ1) is 35.9. The van der Waals surface area contributed by atoms with Gasteiger partial charge in [0.25, 0.3) is 5.91 Å². The molecule has 3 amide bonds. The number of carbonyl (C=O) groups excluding carboxylic acids is 3. The summed E-state index contributed by atoms with van der Waals surface area (Å²) in [6.45, 7) is 7.76. The van der Waals surface area contributed by atoms with Crippen LogP contribution in [0.3, 0.4) is 0 Å². The van der Waals surface area contributed by atoms with Gasteiger partial charge in [-0.05, 0) is 80.7 Å². The van der Waals surface area contributed by atoms with Crippen LogP contribution in [0, 0.1) is 12.3 Å². The van der Waals surface area contributed by atoms with Crippen LogP contribution in [-0.4, -0.2) is 74.7 Å². The highest BCUT2D eigenvalue weighted by molar-refractivity contribution is 6.08. The maximum Gasteiger partial charge on any atom is 0.407 e. The molecule has 48 heavy (non-hydrogen) atoms. The molecule has 1 heterocycles. The van der Waals surface area contributed by atoms with Gasteiger partial charge in [-0.1, -0.05) is 62.4 Å². The number of aryl methyl sites for hydroxylation is 1. The fourth-order valence-electron chi connectivity index (χ4n) is 5.69. The van der Waals surface area contributed by atoms with E-state index in [1.165, 1.54) is 0 Å². The second-order valence-electron chi connectivity index (χ2n) is 13.0. The highest BCUT2D eigenvalue weighted by atomic mass is 16.5. The number of benzene rings is 3. The van der Waals surface area contributed by atoms with Gasteiger partial charge in [-0.2, -0.15) is 0 Å². The Kier molecular flexibility index (Phi) is 12.5. The summed E-state index contributed by atoms with van der Waals surface area (Å²) in [6.07, 6.45) is 0.199. The molecule has 1 aromatic heterocycles. The van der Waals surface area contributed by atoms with Crippen molar-refractivity contribution in [2.45, 2.75) is 46.3 Å². The predicted molar refractivity (Wildman–Crippen MR) is 189 cm³/mol. The number of para-hydroxylation sites is 1. The zero-order valence-corrected chi connectivity index (χ0v) is 28.8. The topological polar surface area (TPSA) is 122 Å². The average molecular weight is 654 g/mol. The molecule has 4 aromatic rings. The summed E-state index contributed by atoms with van der Waals surface area (Å²) in [5.74, 6) is 0.0910. The third-order valence-electron chi connectivity index (χ3n) is 7.91. The second kappa shape index (κ2) is 16.7. The Labute approximate surface area is 283 Å². The van der Waals surface area contributed by atoms with Crippen LogP contribution in [0.5, 0.6) is 5.75 Å². The van der Waals surface area contributed by atoms with Crippen molar-refractivity contribution in [3.63, 3.8) is 0 Å². The first-order valence-corrected chi connectivity index (χ1v) is 16.2. The Bertz CT molecular complexity index is 1710. The number of rotatable bonds is 15. The number of hydrogen-bond acceptors (Lipinski definition) is 7. The lowest BCUT2D eigenvalue weighted by atomic mass is 9.92. The van der Waals surface area contributed by atoms with E-state index in [1.54, 1.807) is 13.2 Å². The van der Waals surface area contributed by atoms with Crippen molar-refractivity contribution in [1.82, 2.24) is 25.8 Å². The van der Waals surface area contributed by atoms with E-state index in [0.717, 1.165) is 29.0 Å². The number of fused-ring (bicyclic) bond motifs is 1. The lowest BCUT2D eigenvalue weighted by Crippen LogP contribution is -2.50. The zero-order chi connectivity index (χ0) is 34.7. The van der Waals surface area contributed by atoms with Crippen LogP contribution in [0.1, 0.15) is 48.2 Å². The fourth-order valence-corrected chi connectivity index (χ4v) is 5.69. The molecule has 3 N–H and O–H groups in total. The molecule has 0 saturated heterocycles. The molecule has 3 aromatic carbocycles. The van der Waals surface area contributed by atoms with Crippen LogP contribution in [0.4, 0.5) is 4.79 Å². The average Bonchev–Trinajstić information content (AvgIpc) is 3.06. The zero-order valence-electron chi connectivity index (χ0n) is 28.8. The summed E-state index contributed by atoms with van der Waals surface area (Å²) < 4.78 is 10.7. The standard InChI is InChI=1S/C38H47N5O5/c1-26-21-28(18-19-34(26)47-6)33-22-30(29-15-10-11-16-31(29)41-33)35(44)42-32(36(45)40-24-38(2,3)25-43(4)5)17-12-20-39-37(46)48-23-27-13-8-7-9-14-27/h7-11,13-16,18-19,21-22,32H,12,17,20,23-25H2,1-6H3,(H,39,46)(H,40,45)(H,42,44). The monoisotopic (exact) mass is 653 g/mol. The van der Waals surface area contributed by atoms with Gasteiger partial charge in [0.15, 0.2) is 0 Å². The number of nitrogens with one attached hydrogen (secondary N) is 3. The first-order chi connectivity index (χ1) is 23.0. The molecular weight excluding hydrogens is 606 g/mol. The Balaban J connectivity index is 1.51. The summed E-state index contributed by atoms with van der Waals surface area (Å²) in [5.41, 5.74) is 4.20. The van der Waals surface area contributed by atoms with Crippen molar-refractivity contribution in [2.24, 2.45) is 5.41 Å². The Hall–Kier alpha value is -4.96. The Morgan fingerprint density at radius 3 is 2.38 bits per heavy atom. The van der Waals surface area contributed by atoms with E-state index in [9.17, 15) is 14.4 Å². The van der Waals surface area contributed by atoms with E-state index >= 15 is 0 Å². The molecule has 0 aliphatic heterocycles. The van der Waals surface area contributed by atoms with Crippen LogP contribution < -0.4 is 20.7 Å². The maximum absolute atomic E-state index is 14.0. The minimum atomic E-state index is -0.839. The molecule has 1 atom stereocenters. The summed E-state index contributed by atoms with van der Waals surface area (Å²) in [7, 11) is 5.61. The minimum absolute atomic E-state index is 0.161. The second-order valence-corrected chi connectivity index (χ2v) is 13.0. The van der Waals surface area contributed by atoms with Crippen molar-refractivity contribution in [3.05, 3.63) is 95.6 Å². The van der Waals surface area contributed by atoms with E-state index in [2.05, 4.69) is 34.7 Å². The third-order valence-corrected chi connectivity index (χ3v) is 7.91. The molecule has 10 nitrogen and oxygen atoms in total. The maximum atomic E-state index is 14.0. The first-order valence-electron chi connectivity index (χ1n) is 16.2. The van der Waals surface area contributed by atoms with Crippen molar-refractivity contribution in [2.75, 3.05) is 40.8 Å². The number of carbonyl (C=O) groups is 3. The van der Waals surface area contributed by atoms with E-state index in [0.29, 0.717) is 41.5 Å². The molecule has 0 aliphatic rings. The molecule has 0 saturated carbocycles. The number of ether oxygens (including phenoxy) is 2. The number of amides is 3. The minimum Gasteiger partial charge on any atom is -0.496 e. The summed E-state index contributed by atoms with van der Waals surface area (Å²) >= 11 is 0. The number of nitrogens with zero attached hydrogens (tertiary/aromatic N) is 2. The van der Waals surface area contributed by atoms with E-state index in [-0.39, 0.29) is 30.4 Å². The van der Waals surface area contributed by atoms with Crippen molar-refractivity contribution in [1.29, 1.82) is 0 Å². The SMILES string of the molecule is COc1ccc(-c2cc(C(=O)NC(CCCNC(=O)OCc3ccccc3)C(=O)NCC(C)(C)CN(C)C)c3ccccc3n2)cc1C. The van der Waals surface area contributed by atoms with Gasteiger partial charge in [-0.25, -0.2) is 9.78 Å².